The molecule has 1 amide bonds. The predicted octanol–water partition coefficient (Wildman–Crippen LogP) is 2.04. The molecule has 0 unspecified atom stereocenters. The number of carbonyl (C=O) groups is 1. The van der Waals surface area contributed by atoms with Gasteiger partial charge in [0.15, 0.2) is 0 Å². The molecule has 22 heavy (non-hydrogen) atoms. The third-order valence-corrected chi connectivity index (χ3v) is 2.93. The number of benzene rings is 1. The second-order valence-electron chi connectivity index (χ2n) is 4.34. The molecule has 0 aliphatic carbocycles. The topological polar surface area (TPSA) is 80.4 Å². The number of aromatic amines is 1. The molecule has 2 rings (SSSR count). The van der Waals surface area contributed by atoms with Gasteiger partial charge in [-0.05, 0) is 36.4 Å². The molecule has 1 aromatic carbocycles. The summed E-state index contributed by atoms with van der Waals surface area (Å²) in [7, 11) is 3.10. The van der Waals surface area contributed by atoms with Gasteiger partial charge in [0, 0.05) is 17.8 Å². The molecule has 2 N–H and O–H groups in total. The lowest BCUT2D eigenvalue weighted by Gasteiger charge is -2.07. The molecule has 0 radical (unpaired) electrons. The summed E-state index contributed by atoms with van der Waals surface area (Å²) in [6, 6.07) is 8.42. The lowest BCUT2D eigenvalue weighted by molar-refractivity contribution is -0.111. The van der Waals surface area contributed by atoms with Crippen molar-refractivity contribution in [3.63, 3.8) is 0 Å². The van der Waals surface area contributed by atoms with Crippen molar-refractivity contribution in [1.29, 1.82) is 0 Å². The van der Waals surface area contributed by atoms with Crippen LogP contribution in [0, 0.1) is 0 Å². The SMILES string of the molecule is COc1ccc(OC)c(/C=C/C(=O)Nc2ccc[nH]c2=O)c1. The number of amides is 1. The van der Waals surface area contributed by atoms with E-state index in [2.05, 4.69) is 10.3 Å². The van der Waals surface area contributed by atoms with E-state index < -0.39 is 5.91 Å². The highest BCUT2D eigenvalue weighted by atomic mass is 16.5. The van der Waals surface area contributed by atoms with Crippen LogP contribution in [0.5, 0.6) is 11.5 Å². The van der Waals surface area contributed by atoms with Crippen LogP contribution in [0.2, 0.25) is 0 Å². The number of aromatic nitrogens is 1. The zero-order valence-corrected chi connectivity index (χ0v) is 12.3. The van der Waals surface area contributed by atoms with Crippen molar-refractivity contribution in [2.75, 3.05) is 19.5 Å². The molecule has 1 aromatic heterocycles. The molecule has 0 fully saturated rings. The highest BCUT2D eigenvalue weighted by molar-refractivity contribution is 6.02. The number of methoxy groups -OCH3 is 2. The molecule has 0 aliphatic rings. The summed E-state index contributed by atoms with van der Waals surface area (Å²) in [5, 5.41) is 2.50. The van der Waals surface area contributed by atoms with Crippen molar-refractivity contribution in [3.8, 4) is 11.5 Å². The Hall–Kier alpha value is -3.02. The second-order valence-corrected chi connectivity index (χ2v) is 4.34. The number of ether oxygens (including phenoxy) is 2. The maximum atomic E-state index is 11.9. The smallest absolute Gasteiger partial charge is 0.271 e. The van der Waals surface area contributed by atoms with Crippen molar-refractivity contribution in [2.24, 2.45) is 0 Å². The molecule has 6 nitrogen and oxygen atoms in total. The molecular formula is C16H16N2O4. The molecule has 0 bridgehead atoms. The van der Waals surface area contributed by atoms with E-state index in [4.69, 9.17) is 9.47 Å². The minimum absolute atomic E-state index is 0.190. The minimum atomic E-state index is -0.415. The quantitative estimate of drug-likeness (QED) is 0.828. The molecule has 0 atom stereocenters. The van der Waals surface area contributed by atoms with E-state index in [0.717, 1.165) is 0 Å². The summed E-state index contributed by atoms with van der Waals surface area (Å²) in [4.78, 5) is 25.8. The van der Waals surface area contributed by atoms with Crippen LogP contribution in [0.3, 0.4) is 0 Å². The van der Waals surface area contributed by atoms with Crippen LogP contribution >= 0.6 is 0 Å². The van der Waals surface area contributed by atoms with E-state index >= 15 is 0 Å². The van der Waals surface area contributed by atoms with Gasteiger partial charge in [0.2, 0.25) is 5.91 Å². The van der Waals surface area contributed by atoms with E-state index in [1.54, 1.807) is 44.6 Å². The fourth-order valence-electron chi connectivity index (χ4n) is 1.83. The molecule has 2 aromatic rings. The van der Waals surface area contributed by atoms with Gasteiger partial charge < -0.3 is 19.8 Å². The van der Waals surface area contributed by atoms with Crippen LogP contribution in [-0.2, 0) is 4.79 Å². The lowest BCUT2D eigenvalue weighted by atomic mass is 10.1. The number of carbonyl (C=O) groups excluding carboxylic acids is 1. The number of hydrogen-bond donors (Lipinski definition) is 2. The Morgan fingerprint density at radius 2 is 2.05 bits per heavy atom. The maximum absolute atomic E-state index is 11.9. The maximum Gasteiger partial charge on any atom is 0.271 e. The Morgan fingerprint density at radius 3 is 2.73 bits per heavy atom. The van der Waals surface area contributed by atoms with Crippen LogP contribution in [0.15, 0.2) is 47.4 Å². The van der Waals surface area contributed by atoms with E-state index in [9.17, 15) is 9.59 Å². The summed E-state index contributed by atoms with van der Waals surface area (Å²) in [6.45, 7) is 0. The molecule has 0 saturated carbocycles. The normalized spacial score (nSPS) is 10.5. The van der Waals surface area contributed by atoms with E-state index in [1.807, 2.05) is 0 Å². The van der Waals surface area contributed by atoms with Crippen molar-refractivity contribution >= 4 is 17.7 Å². The number of rotatable bonds is 5. The highest BCUT2D eigenvalue weighted by Crippen LogP contribution is 2.25. The largest absolute Gasteiger partial charge is 0.497 e. The van der Waals surface area contributed by atoms with Crippen LogP contribution in [0.25, 0.3) is 6.08 Å². The van der Waals surface area contributed by atoms with Crippen LogP contribution in [0.1, 0.15) is 5.56 Å². The van der Waals surface area contributed by atoms with Gasteiger partial charge in [-0.1, -0.05) is 0 Å². The van der Waals surface area contributed by atoms with E-state index in [0.29, 0.717) is 17.1 Å². The van der Waals surface area contributed by atoms with Crippen LogP contribution in [0.4, 0.5) is 5.69 Å². The fourth-order valence-corrected chi connectivity index (χ4v) is 1.83. The van der Waals surface area contributed by atoms with E-state index in [1.165, 1.54) is 18.3 Å². The summed E-state index contributed by atoms with van der Waals surface area (Å²) in [6.07, 6.45) is 4.41. The first-order valence-corrected chi connectivity index (χ1v) is 6.53. The minimum Gasteiger partial charge on any atom is -0.497 e. The van der Waals surface area contributed by atoms with Gasteiger partial charge in [-0.3, -0.25) is 9.59 Å². The molecule has 114 valence electrons. The number of anilines is 1. The Bertz CT molecular complexity index is 750. The van der Waals surface area contributed by atoms with Gasteiger partial charge in [0.1, 0.15) is 17.2 Å². The number of pyridine rings is 1. The highest BCUT2D eigenvalue weighted by Gasteiger charge is 2.04. The molecular weight excluding hydrogens is 284 g/mol. The Morgan fingerprint density at radius 1 is 1.23 bits per heavy atom. The summed E-state index contributed by atoms with van der Waals surface area (Å²) in [5.41, 5.74) is 0.525. The van der Waals surface area contributed by atoms with Crippen LogP contribution < -0.4 is 20.3 Å². The van der Waals surface area contributed by atoms with Gasteiger partial charge in [-0.25, -0.2) is 0 Å². The average molecular weight is 300 g/mol. The van der Waals surface area contributed by atoms with Gasteiger partial charge in [-0.2, -0.15) is 0 Å². The van der Waals surface area contributed by atoms with Gasteiger partial charge in [0.05, 0.1) is 14.2 Å². The Balaban J connectivity index is 2.16. The zero-order valence-electron chi connectivity index (χ0n) is 12.3. The van der Waals surface area contributed by atoms with Crippen molar-refractivity contribution < 1.29 is 14.3 Å². The predicted molar refractivity (Wildman–Crippen MR) is 84.3 cm³/mol. The average Bonchev–Trinajstić information content (AvgIpc) is 2.54. The molecule has 1 heterocycles. The van der Waals surface area contributed by atoms with Gasteiger partial charge >= 0.3 is 0 Å². The monoisotopic (exact) mass is 300 g/mol. The Kier molecular flexibility index (Phi) is 4.98. The Labute approximate surface area is 127 Å². The molecule has 0 spiro atoms. The standard InChI is InChI=1S/C16H16N2O4/c1-21-12-6-7-14(22-2)11(10-12)5-8-15(19)18-13-4-3-9-17-16(13)20/h3-10H,1-2H3,(H,17,20)(H,18,19)/b8-5+. The molecule has 6 heteroatoms. The first-order chi connectivity index (χ1) is 10.6. The third-order valence-electron chi connectivity index (χ3n) is 2.93. The summed E-state index contributed by atoms with van der Waals surface area (Å²) < 4.78 is 10.4. The van der Waals surface area contributed by atoms with Crippen LogP contribution in [-0.4, -0.2) is 25.1 Å². The van der Waals surface area contributed by atoms with Crippen molar-refractivity contribution in [1.82, 2.24) is 4.98 Å². The van der Waals surface area contributed by atoms with E-state index in [-0.39, 0.29) is 11.2 Å². The number of nitrogens with one attached hydrogen (secondary N) is 2. The molecule has 0 saturated heterocycles. The van der Waals surface area contributed by atoms with Crippen molar-refractivity contribution in [3.05, 3.63) is 58.5 Å². The molecule has 0 aliphatic heterocycles. The van der Waals surface area contributed by atoms with Gasteiger partial charge in [0.25, 0.3) is 5.56 Å². The first-order valence-electron chi connectivity index (χ1n) is 6.53. The third kappa shape index (κ3) is 3.76. The summed E-state index contributed by atoms with van der Waals surface area (Å²) >= 11 is 0. The van der Waals surface area contributed by atoms with Crippen molar-refractivity contribution in [2.45, 2.75) is 0 Å². The number of hydrogen-bond acceptors (Lipinski definition) is 4. The fraction of sp³-hybridized carbons (Fsp3) is 0.125. The first kappa shape index (κ1) is 15.4. The second kappa shape index (κ2) is 7.12. The zero-order chi connectivity index (χ0) is 15.9. The van der Waals surface area contributed by atoms with Gasteiger partial charge in [-0.15, -0.1) is 0 Å². The number of H-pyrrole nitrogens is 1. The lowest BCUT2D eigenvalue weighted by Crippen LogP contribution is -2.17. The summed E-state index contributed by atoms with van der Waals surface area (Å²) in [5.74, 6) is 0.851.